The molecule has 0 aliphatic rings. The summed E-state index contributed by atoms with van der Waals surface area (Å²) in [5.74, 6) is -0.384. The second-order valence-corrected chi connectivity index (χ2v) is 3.22. The molecule has 2 nitrogen and oxygen atoms in total. The van der Waals surface area contributed by atoms with Crippen LogP contribution in [0.3, 0.4) is 0 Å². The van der Waals surface area contributed by atoms with Crippen LogP contribution in [-0.4, -0.2) is 11.7 Å². The van der Waals surface area contributed by atoms with Gasteiger partial charge in [0.1, 0.15) is 5.82 Å². The first kappa shape index (κ1) is 10.4. The predicted octanol–water partition coefficient (Wildman–Crippen LogP) is 1.86. The van der Waals surface area contributed by atoms with Crippen molar-refractivity contribution in [2.45, 2.75) is 12.5 Å². The quantitative estimate of drug-likeness (QED) is 0.788. The van der Waals surface area contributed by atoms with Crippen molar-refractivity contribution in [3.63, 3.8) is 0 Å². The van der Waals surface area contributed by atoms with Crippen molar-refractivity contribution in [1.82, 2.24) is 0 Å². The van der Waals surface area contributed by atoms with Gasteiger partial charge in [-0.3, -0.25) is 0 Å². The summed E-state index contributed by atoms with van der Waals surface area (Å²) in [4.78, 5) is 0. The highest BCUT2D eigenvalue weighted by Crippen LogP contribution is 2.21. The Morgan fingerprint density at radius 3 is 2.85 bits per heavy atom. The van der Waals surface area contributed by atoms with E-state index in [1.54, 1.807) is 0 Å². The summed E-state index contributed by atoms with van der Waals surface area (Å²) < 4.78 is 13.1. The molecule has 1 rings (SSSR count). The topological polar surface area (TPSA) is 46.2 Å². The Bertz CT molecular complexity index is 293. The number of halogens is 2. The van der Waals surface area contributed by atoms with E-state index in [9.17, 15) is 4.39 Å². The van der Waals surface area contributed by atoms with Crippen molar-refractivity contribution in [2.75, 3.05) is 6.61 Å². The number of benzene rings is 1. The van der Waals surface area contributed by atoms with Crippen molar-refractivity contribution in [3.05, 3.63) is 34.6 Å². The first-order valence-corrected chi connectivity index (χ1v) is 4.34. The molecule has 3 N–H and O–H groups in total. The minimum atomic E-state index is -0.497. The third-order valence-corrected chi connectivity index (χ3v) is 2.03. The molecule has 0 aliphatic carbocycles. The lowest BCUT2D eigenvalue weighted by atomic mass is 10.0. The van der Waals surface area contributed by atoms with E-state index < -0.39 is 6.04 Å². The summed E-state index contributed by atoms with van der Waals surface area (Å²) in [7, 11) is 0. The van der Waals surface area contributed by atoms with Gasteiger partial charge in [-0.15, -0.1) is 0 Å². The zero-order valence-corrected chi connectivity index (χ0v) is 7.76. The number of aliphatic hydroxyl groups excluding tert-OH is 1. The molecule has 0 heterocycles. The van der Waals surface area contributed by atoms with Crippen molar-refractivity contribution in [3.8, 4) is 0 Å². The molecule has 0 saturated carbocycles. The SMILES string of the molecule is NC(CCO)c1cc(Cl)ccc1F. The van der Waals surface area contributed by atoms with E-state index in [0.717, 1.165) is 0 Å². The fourth-order valence-corrected chi connectivity index (χ4v) is 1.27. The van der Waals surface area contributed by atoms with Gasteiger partial charge in [0.05, 0.1) is 0 Å². The molecule has 0 saturated heterocycles. The molecule has 0 radical (unpaired) electrons. The Kier molecular flexibility index (Phi) is 3.66. The van der Waals surface area contributed by atoms with E-state index in [2.05, 4.69) is 0 Å². The zero-order valence-electron chi connectivity index (χ0n) is 7.00. The number of aliphatic hydroxyl groups is 1. The maximum absolute atomic E-state index is 13.1. The molecular weight excluding hydrogens is 193 g/mol. The van der Waals surface area contributed by atoms with E-state index in [0.29, 0.717) is 17.0 Å². The highest BCUT2D eigenvalue weighted by atomic mass is 35.5. The van der Waals surface area contributed by atoms with Crippen LogP contribution in [0.25, 0.3) is 0 Å². The molecule has 72 valence electrons. The molecule has 0 aromatic heterocycles. The third-order valence-electron chi connectivity index (χ3n) is 1.80. The van der Waals surface area contributed by atoms with E-state index in [1.165, 1.54) is 18.2 Å². The van der Waals surface area contributed by atoms with Crippen LogP contribution in [0.4, 0.5) is 4.39 Å². The van der Waals surface area contributed by atoms with Gasteiger partial charge in [0.2, 0.25) is 0 Å². The molecule has 1 atom stereocenters. The van der Waals surface area contributed by atoms with Crippen LogP contribution in [-0.2, 0) is 0 Å². The summed E-state index contributed by atoms with van der Waals surface area (Å²) in [6.45, 7) is -0.0624. The average Bonchev–Trinajstić information content (AvgIpc) is 2.09. The van der Waals surface area contributed by atoms with Gasteiger partial charge in [-0.1, -0.05) is 11.6 Å². The van der Waals surface area contributed by atoms with Crippen LogP contribution >= 0.6 is 11.6 Å². The maximum Gasteiger partial charge on any atom is 0.128 e. The number of hydrogen-bond acceptors (Lipinski definition) is 2. The molecule has 0 amide bonds. The second-order valence-electron chi connectivity index (χ2n) is 2.78. The minimum absolute atomic E-state index is 0.0624. The van der Waals surface area contributed by atoms with Gasteiger partial charge in [-0.05, 0) is 24.6 Å². The van der Waals surface area contributed by atoms with Crippen LogP contribution in [0.15, 0.2) is 18.2 Å². The number of nitrogens with two attached hydrogens (primary N) is 1. The van der Waals surface area contributed by atoms with Gasteiger partial charge >= 0.3 is 0 Å². The highest BCUT2D eigenvalue weighted by Gasteiger charge is 2.10. The lowest BCUT2D eigenvalue weighted by molar-refractivity contribution is 0.275. The summed E-state index contributed by atoms with van der Waals surface area (Å²) in [6.07, 6.45) is 0.331. The largest absolute Gasteiger partial charge is 0.396 e. The molecule has 0 bridgehead atoms. The van der Waals surface area contributed by atoms with Crippen molar-refractivity contribution < 1.29 is 9.50 Å². The lowest BCUT2D eigenvalue weighted by Crippen LogP contribution is -2.13. The maximum atomic E-state index is 13.1. The highest BCUT2D eigenvalue weighted by molar-refractivity contribution is 6.30. The van der Waals surface area contributed by atoms with Gasteiger partial charge < -0.3 is 10.8 Å². The fourth-order valence-electron chi connectivity index (χ4n) is 1.09. The number of rotatable bonds is 3. The molecule has 0 aliphatic heterocycles. The minimum Gasteiger partial charge on any atom is -0.396 e. The van der Waals surface area contributed by atoms with Crippen LogP contribution < -0.4 is 5.73 Å². The lowest BCUT2D eigenvalue weighted by Gasteiger charge is -2.11. The standard InChI is InChI=1S/C9H11ClFNO/c10-6-1-2-8(11)7(5-6)9(12)3-4-13/h1-2,5,9,13H,3-4,12H2. The first-order chi connectivity index (χ1) is 6.15. The van der Waals surface area contributed by atoms with E-state index >= 15 is 0 Å². The Balaban J connectivity index is 2.91. The van der Waals surface area contributed by atoms with Crippen LogP contribution in [0.1, 0.15) is 18.0 Å². The molecule has 1 unspecified atom stereocenters. The van der Waals surface area contributed by atoms with Crippen LogP contribution in [0, 0.1) is 5.82 Å². The molecular formula is C9H11ClFNO. The Morgan fingerprint density at radius 2 is 2.23 bits per heavy atom. The Labute approximate surface area is 81.1 Å². The van der Waals surface area contributed by atoms with Gasteiger partial charge in [-0.2, -0.15) is 0 Å². The normalized spacial score (nSPS) is 12.9. The predicted molar refractivity (Wildman–Crippen MR) is 50.0 cm³/mol. The van der Waals surface area contributed by atoms with E-state index in [4.69, 9.17) is 22.4 Å². The van der Waals surface area contributed by atoms with Crippen molar-refractivity contribution in [1.29, 1.82) is 0 Å². The molecule has 0 spiro atoms. The van der Waals surface area contributed by atoms with Gasteiger partial charge in [0, 0.05) is 23.2 Å². The summed E-state index contributed by atoms with van der Waals surface area (Å²) in [5.41, 5.74) is 5.97. The Morgan fingerprint density at radius 1 is 1.54 bits per heavy atom. The van der Waals surface area contributed by atoms with Gasteiger partial charge in [0.15, 0.2) is 0 Å². The average molecular weight is 204 g/mol. The summed E-state index contributed by atoms with van der Waals surface area (Å²) in [5, 5.41) is 9.07. The van der Waals surface area contributed by atoms with Crippen molar-refractivity contribution in [2.24, 2.45) is 5.73 Å². The summed E-state index contributed by atoms with van der Waals surface area (Å²) in [6, 6.07) is 3.72. The molecule has 1 aromatic rings. The van der Waals surface area contributed by atoms with Crippen LogP contribution in [0.2, 0.25) is 5.02 Å². The first-order valence-electron chi connectivity index (χ1n) is 3.96. The van der Waals surface area contributed by atoms with E-state index in [1.807, 2.05) is 0 Å². The fraction of sp³-hybridized carbons (Fsp3) is 0.333. The second kappa shape index (κ2) is 4.56. The monoisotopic (exact) mass is 203 g/mol. The molecule has 0 fully saturated rings. The molecule has 13 heavy (non-hydrogen) atoms. The number of hydrogen-bond donors (Lipinski definition) is 2. The van der Waals surface area contributed by atoms with E-state index in [-0.39, 0.29) is 12.4 Å². The van der Waals surface area contributed by atoms with Gasteiger partial charge in [0.25, 0.3) is 0 Å². The zero-order chi connectivity index (χ0) is 9.84. The molecule has 1 aromatic carbocycles. The summed E-state index contributed by atoms with van der Waals surface area (Å²) >= 11 is 5.68. The Hall–Kier alpha value is -0.640. The van der Waals surface area contributed by atoms with Crippen molar-refractivity contribution >= 4 is 11.6 Å². The van der Waals surface area contributed by atoms with Crippen LogP contribution in [0.5, 0.6) is 0 Å². The smallest absolute Gasteiger partial charge is 0.128 e. The van der Waals surface area contributed by atoms with Gasteiger partial charge in [-0.25, -0.2) is 4.39 Å². The molecule has 4 heteroatoms. The third kappa shape index (κ3) is 2.66.